The minimum absolute atomic E-state index is 0.00749. The van der Waals surface area contributed by atoms with Crippen LogP contribution in [0.15, 0.2) is 24.3 Å². The zero-order valence-electron chi connectivity index (χ0n) is 11.9. The van der Waals surface area contributed by atoms with Gasteiger partial charge in [0, 0.05) is 17.1 Å². The molecule has 128 valence electrons. The molecule has 0 unspecified atom stereocenters. The average Bonchev–Trinajstić information content (AvgIpc) is 2.95. The van der Waals surface area contributed by atoms with Crippen LogP contribution >= 0.6 is 11.5 Å². The molecule has 1 heterocycles. The van der Waals surface area contributed by atoms with Crippen molar-refractivity contribution in [3.05, 3.63) is 24.3 Å². The lowest BCUT2D eigenvalue weighted by atomic mass is 10.2. The standard InChI is InChI=1S/C13H11F2N3O5S/c14-12(15)23-8-3-1-7(2-4-8)11-17-13(24-18-11)16-9(19)5-22-6-10(20)21/h1-4,12H,5-6H2,(H,20,21)(H,16,17,18,19). The van der Waals surface area contributed by atoms with Gasteiger partial charge in [-0.15, -0.1) is 0 Å². The quantitative estimate of drug-likeness (QED) is 0.740. The van der Waals surface area contributed by atoms with E-state index in [1.807, 2.05) is 0 Å². The Morgan fingerprint density at radius 3 is 2.58 bits per heavy atom. The minimum Gasteiger partial charge on any atom is -0.480 e. The first-order valence-corrected chi connectivity index (χ1v) is 7.19. The maximum atomic E-state index is 12.1. The maximum absolute atomic E-state index is 12.1. The van der Waals surface area contributed by atoms with E-state index in [0.29, 0.717) is 11.4 Å². The Hall–Kier alpha value is -2.66. The van der Waals surface area contributed by atoms with Gasteiger partial charge in [-0.25, -0.2) is 4.79 Å². The Kier molecular flexibility index (Phi) is 6.09. The average molecular weight is 359 g/mol. The van der Waals surface area contributed by atoms with Gasteiger partial charge in [-0.1, -0.05) is 0 Å². The van der Waals surface area contributed by atoms with Gasteiger partial charge in [0.1, 0.15) is 19.0 Å². The Morgan fingerprint density at radius 2 is 1.96 bits per heavy atom. The first-order chi connectivity index (χ1) is 11.4. The number of alkyl halides is 2. The van der Waals surface area contributed by atoms with Gasteiger partial charge in [0.2, 0.25) is 5.13 Å². The normalized spacial score (nSPS) is 10.6. The number of ether oxygens (including phenoxy) is 2. The monoisotopic (exact) mass is 359 g/mol. The van der Waals surface area contributed by atoms with Crippen molar-refractivity contribution in [2.24, 2.45) is 0 Å². The highest BCUT2D eigenvalue weighted by Gasteiger charge is 2.11. The van der Waals surface area contributed by atoms with Gasteiger partial charge in [0.05, 0.1) is 0 Å². The number of carboxylic acids is 1. The first kappa shape index (κ1) is 17.7. The molecular weight excluding hydrogens is 348 g/mol. The molecule has 1 amide bonds. The molecule has 2 rings (SSSR count). The van der Waals surface area contributed by atoms with Crippen LogP contribution in [0.4, 0.5) is 13.9 Å². The molecule has 0 spiro atoms. The second-order valence-electron chi connectivity index (χ2n) is 4.26. The van der Waals surface area contributed by atoms with Crippen LogP contribution in [0.2, 0.25) is 0 Å². The Bertz CT molecular complexity index is 708. The topological polar surface area (TPSA) is 111 Å². The molecule has 0 aliphatic heterocycles. The van der Waals surface area contributed by atoms with Crippen molar-refractivity contribution in [2.75, 3.05) is 18.5 Å². The first-order valence-electron chi connectivity index (χ1n) is 6.42. The highest BCUT2D eigenvalue weighted by Crippen LogP contribution is 2.24. The number of amides is 1. The molecule has 0 fully saturated rings. The summed E-state index contributed by atoms with van der Waals surface area (Å²) < 4.78 is 37.0. The number of carboxylic acid groups (broad SMARTS) is 1. The summed E-state index contributed by atoms with van der Waals surface area (Å²) in [6.45, 7) is -3.92. The zero-order chi connectivity index (χ0) is 17.5. The van der Waals surface area contributed by atoms with Gasteiger partial charge in [-0.05, 0) is 24.3 Å². The molecule has 0 saturated carbocycles. The number of nitrogens with one attached hydrogen (secondary N) is 1. The molecule has 0 bridgehead atoms. The highest BCUT2D eigenvalue weighted by atomic mass is 32.1. The lowest BCUT2D eigenvalue weighted by Gasteiger charge is -2.04. The predicted molar refractivity (Wildman–Crippen MR) is 79.1 cm³/mol. The maximum Gasteiger partial charge on any atom is 0.387 e. The number of halogens is 2. The molecule has 0 radical (unpaired) electrons. The van der Waals surface area contributed by atoms with Crippen LogP contribution in [-0.2, 0) is 14.3 Å². The summed E-state index contributed by atoms with van der Waals surface area (Å²) in [6, 6.07) is 5.70. The van der Waals surface area contributed by atoms with Gasteiger partial charge >= 0.3 is 12.6 Å². The summed E-state index contributed by atoms with van der Waals surface area (Å²) in [4.78, 5) is 25.8. The van der Waals surface area contributed by atoms with Crippen molar-refractivity contribution < 1.29 is 33.0 Å². The third-order valence-electron chi connectivity index (χ3n) is 2.47. The number of aliphatic carboxylic acids is 1. The van der Waals surface area contributed by atoms with Crippen molar-refractivity contribution in [3.63, 3.8) is 0 Å². The second-order valence-corrected chi connectivity index (χ2v) is 5.01. The van der Waals surface area contributed by atoms with E-state index in [1.54, 1.807) is 0 Å². The Balaban J connectivity index is 1.92. The van der Waals surface area contributed by atoms with Crippen molar-refractivity contribution in [1.29, 1.82) is 0 Å². The van der Waals surface area contributed by atoms with E-state index < -0.39 is 31.7 Å². The van der Waals surface area contributed by atoms with E-state index in [1.165, 1.54) is 24.3 Å². The number of anilines is 1. The van der Waals surface area contributed by atoms with Crippen LogP contribution < -0.4 is 10.1 Å². The summed E-state index contributed by atoms with van der Waals surface area (Å²) >= 11 is 0.911. The van der Waals surface area contributed by atoms with E-state index >= 15 is 0 Å². The zero-order valence-corrected chi connectivity index (χ0v) is 12.8. The van der Waals surface area contributed by atoms with Gasteiger partial charge in [-0.2, -0.15) is 18.1 Å². The molecule has 0 atom stereocenters. The van der Waals surface area contributed by atoms with E-state index in [-0.39, 0.29) is 10.9 Å². The molecule has 0 saturated heterocycles. The summed E-state index contributed by atoms with van der Waals surface area (Å²) in [5.41, 5.74) is 0.551. The molecule has 0 aliphatic carbocycles. The number of nitrogens with zero attached hydrogens (tertiary/aromatic N) is 2. The predicted octanol–water partition coefficient (Wildman–Crippen LogP) is 1.85. The minimum atomic E-state index is -2.90. The number of hydrogen-bond acceptors (Lipinski definition) is 7. The SMILES string of the molecule is O=C(O)COCC(=O)Nc1nc(-c2ccc(OC(F)F)cc2)ns1. The van der Waals surface area contributed by atoms with Gasteiger partial charge in [0.25, 0.3) is 5.91 Å². The van der Waals surface area contributed by atoms with Crippen molar-refractivity contribution >= 4 is 28.5 Å². The number of rotatable bonds is 8. The van der Waals surface area contributed by atoms with Crippen LogP contribution in [0.25, 0.3) is 11.4 Å². The van der Waals surface area contributed by atoms with Crippen molar-refractivity contribution in [1.82, 2.24) is 9.36 Å². The number of benzene rings is 1. The molecule has 11 heteroatoms. The van der Waals surface area contributed by atoms with Crippen LogP contribution in [0, 0.1) is 0 Å². The van der Waals surface area contributed by atoms with E-state index in [0.717, 1.165) is 11.5 Å². The van der Waals surface area contributed by atoms with Gasteiger partial charge in [-0.3, -0.25) is 10.1 Å². The molecule has 2 N–H and O–H groups in total. The van der Waals surface area contributed by atoms with Gasteiger partial charge in [0.15, 0.2) is 5.82 Å². The summed E-state index contributed by atoms with van der Waals surface area (Å²) in [6.07, 6.45) is 0. The summed E-state index contributed by atoms with van der Waals surface area (Å²) in [5, 5.41) is 11.0. The smallest absolute Gasteiger partial charge is 0.387 e. The third-order valence-corrected chi connectivity index (χ3v) is 3.10. The molecule has 24 heavy (non-hydrogen) atoms. The van der Waals surface area contributed by atoms with Crippen LogP contribution in [-0.4, -0.2) is 46.2 Å². The van der Waals surface area contributed by atoms with E-state index in [9.17, 15) is 18.4 Å². The fraction of sp³-hybridized carbons (Fsp3) is 0.231. The molecule has 1 aromatic carbocycles. The van der Waals surface area contributed by atoms with Crippen LogP contribution in [0.3, 0.4) is 0 Å². The summed E-state index contributed by atoms with van der Waals surface area (Å²) in [7, 11) is 0. The second kappa shape index (κ2) is 8.26. The number of aromatic nitrogens is 2. The molecular formula is C13H11F2N3O5S. The van der Waals surface area contributed by atoms with Crippen LogP contribution in [0.5, 0.6) is 5.75 Å². The van der Waals surface area contributed by atoms with Crippen molar-refractivity contribution in [2.45, 2.75) is 6.61 Å². The fourth-order valence-electron chi connectivity index (χ4n) is 1.56. The fourth-order valence-corrected chi connectivity index (χ4v) is 2.17. The van der Waals surface area contributed by atoms with Crippen molar-refractivity contribution in [3.8, 4) is 17.1 Å². The number of carbonyl (C=O) groups is 2. The van der Waals surface area contributed by atoms with E-state index in [2.05, 4.69) is 24.1 Å². The van der Waals surface area contributed by atoms with Crippen LogP contribution in [0.1, 0.15) is 0 Å². The molecule has 2 aromatic rings. The summed E-state index contributed by atoms with van der Waals surface area (Å²) in [5.74, 6) is -1.45. The Morgan fingerprint density at radius 1 is 1.25 bits per heavy atom. The highest BCUT2D eigenvalue weighted by molar-refractivity contribution is 7.10. The van der Waals surface area contributed by atoms with Gasteiger partial charge < -0.3 is 14.6 Å². The lowest BCUT2D eigenvalue weighted by Crippen LogP contribution is -2.20. The third kappa shape index (κ3) is 5.52. The number of carbonyl (C=O) groups excluding carboxylic acids is 1. The molecule has 8 nitrogen and oxygen atoms in total. The molecule has 0 aliphatic rings. The molecule has 1 aromatic heterocycles. The lowest BCUT2D eigenvalue weighted by molar-refractivity contribution is -0.143. The number of hydrogen-bond donors (Lipinski definition) is 2. The Labute approximate surface area is 138 Å². The largest absolute Gasteiger partial charge is 0.480 e. The van der Waals surface area contributed by atoms with E-state index in [4.69, 9.17) is 5.11 Å².